The summed E-state index contributed by atoms with van der Waals surface area (Å²) < 4.78 is 14.4. The van der Waals surface area contributed by atoms with E-state index < -0.39 is 0 Å². The fraction of sp³-hybridized carbons (Fsp3) is 0.200. The number of aromatic nitrogens is 2. The Labute approximate surface area is 105 Å². The van der Waals surface area contributed by atoms with Crippen molar-refractivity contribution in [1.29, 1.82) is 0 Å². The molecule has 84 valence electrons. The van der Waals surface area contributed by atoms with Crippen LogP contribution in [0.15, 0.2) is 28.2 Å². The number of halogens is 2. The van der Waals surface area contributed by atoms with Crippen LogP contribution in [0.25, 0.3) is 0 Å². The fourth-order valence-electron chi connectivity index (χ4n) is 1.35. The Morgan fingerprint density at radius 1 is 1.50 bits per heavy atom. The number of benzene rings is 1. The maximum absolute atomic E-state index is 13.6. The Balaban J connectivity index is 2.17. The lowest BCUT2D eigenvalue weighted by Gasteiger charge is -2.13. The summed E-state index contributed by atoms with van der Waals surface area (Å²) in [6, 6.07) is 4.88. The van der Waals surface area contributed by atoms with E-state index in [2.05, 4.69) is 31.4 Å². The third-order valence-corrected chi connectivity index (χ3v) is 3.24. The first-order valence-electron chi connectivity index (χ1n) is 4.64. The molecule has 2 rings (SSSR count). The second kappa shape index (κ2) is 4.88. The normalized spacial score (nSPS) is 12.4. The molecule has 0 radical (unpaired) electrons. The lowest BCUT2D eigenvalue weighted by Crippen LogP contribution is -2.08. The molecule has 0 fully saturated rings. The molecule has 1 atom stereocenters. The second-order valence-corrected chi connectivity index (χ2v) is 5.02. The fourth-order valence-corrected chi connectivity index (χ4v) is 2.22. The number of nitrogens with zero attached hydrogens (tertiary/aromatic N) is 2. The molecule has 16 heavy (non-hydrogen) atoms. The van der Waals surface area contributed by atoms with Crippen molar-refractivity contribution in [2.45, 2.75) is 13.0 Å². The van der Waals surface area contributed by atoms with Crippen LogP contribution in [0.1, 0.15) is 18.5 Å². The summed E-state index contributed by atoms with van der Waals surface area (Å²) in [6.07, 6.45) is 0. The molecule has 0 saturated carbocycles. The first-order valence-corrected chi connectivity index (χ1v) is 6.31. The average molecular weight is 302 g/mol. The van der Waals surface area contributed by atoms with E-state index in [-0.39, 0.29) is 11.9 Å². The van der Waals surface area contributed by atoms with Crippen molar-refractivity contribution in [2.75, 3.05) is 5.32 Å². The van der Waals surface area contributed by atoms with Crippen molar-refractivity contribution < 1.29 is 4.39 Å². The van der Waals surface area contributed by atoms with E-state index >= 15 is 0 Å². The monoisotopic (exact) mass is 301 g/mol. The van der Waals surface area contributed by atoms with Gasteiger partial charge in [0, 0.05) is 10.0 Å². The van der Waals surface area contributed by atoms with Gasteiger partial charge >= 0.3 is 0 Å². The largest absolute Gasteiger partial charge is 0.353 e. The van der Waals surface area contributed by atoms with Crippen LogP contribution >= 0.6 is 27.3 Å². The first-order chi connectivity index (χ1) is 7.66. The summed E-state index contributed by atoms with van der Waals surface area (Å²) in [7, 11) is 0. The summed E-state index contributed by atoms with van der Waals surface area (Å²) in [5.74, 6) is -0.237. The minimum Gasteiger partial charge on any atom is -0.353 e. The van der Waals surface area contributed by atoms with Gasteiger partial charge in [-0.25, -0.2) is 4.39 Å². The van der Waals surface area contributed by atoms with Gasteiger partial charge in [0.25, 0.3) is 0 Å². The van der Waals surface area contributed by atoms with Crippen LogP contribution < -0.4 is 5.32 Å². The molecular formula is C10H9BrFN3S. The van der Waals surface area contributed by atoms with Crippen LogP contribution in [-0.4, -0.2) is 10.2 Å². The Hall–Kier alpha value is -1.01. The highest BCUT2D eigenvalue weighted by molar-refractivity contribution is 9.10. The molecule has 1 aromatic carbocycles. The van der Waals surface area contributed by atoms with Crippen LogP contribution in [0.3, 0.4) is 0 Å². The van der Waals surface area contributed by atoms with Crippen molar-refractivity contribution >= 4 is 32.4 Å². The lowest BCUT2D eigenvalue weighted by atomic mass is 10.1. The molecule has 1 N–H and O–H groups in total. The van der Waals surface area contributed by atoms with E-state index in [1.54, 1.807) is 11.6 Å². The topological polar surface area (TPSA) is 37.8 Å². The van der Waals surface area contributed by atoms with E-state index in [4.69, 9.17) is 0 Å². The Morgan fingerprint density at radius 2 is 2.31 bits per heavy atom. The molecule has 0 bridgehead atoms. The highest BCUT2D eigenvalue weighted by Crippen LogP contribution is 2.24. The number of rotatable bonds is 3. The molecule has 0 aliphatic heterocycles. The number of hydrogen-bond donors (Lipinski definition) is 1. The van der Waals surface area contributed by atoms with Gasteiger partial charge in [-0.2, -0.15) is 0 Å². The number of anilines is 1. The quantitative estimate of drug-likeness (QED) is 0.941. The Morgan fingerprint density at radius 3 is 2.94 bits per heavy atom. The van der Waals surface area contributed by atoms with Gasteiger partial charge in [0.05, 0.1) is 6.04 Å². The van der Waals surface area contributed by atoms with Crippen molar-refractivity contribution in [2.24, 2.45) is 0 Å². The van der Waals surface area contributed by atoms with Crippen molar-refractivity contribution in [1.82, 2.24) is 10.2 Å². The summed E-state index contributed by atoms with van der Waals surface area (Å²) >= 11 is 4.62. The van der Waals surface area contributed by atoms with Crippen LogP contribution in [0.2, 0.25) is 0 Å². The molecule has 0 spiro atoms. The summed E-state index contributed by atoms with van der Waals surface area (Å²) in [5.41, 5.74) is 2.24. The van der Waals surface area contributed by atoms with Gasteiger partial charge in [0.2, 0.25) is 5.13 Å². The number of nitrogens with one attached hydrogen (secondary N) is 1. The molecule has 0 aliphatic carbocycles. The van der Waals surface area contributed by atoms with E-state index in [0.717, 1.165) is 4.47 Å². The molecule has 1 unspecified atom stereocenters. The lowest BCUT2D eigenvalue weighted by molar-refractivity contribution is 0.599. The minimum absolute atomic E-state index is 0.138. The van der Waals surface area contributed by atoms with Gasteiger partial charge in [-0.05, 0) is 19.1 Å². The van der Waals surface area contributed by atoms with Gasteiger partial charge in [0.1, 0.15) is 11.3 Å². The molecule has 1 aromatic heterocycles. The minimum atomic E-state index is -0.237. The van der Waals surface area contributed by atoms with Crippen molar-refractivity contribution in [3.05, 3.63) is 39.6 Å². The average Bonchev–Trinajstić information content (AvgIpc) is 2.70. The summed E-state index contributed by atoms with van der Waals surface area (Å²) in [6.45, 7) is 1.88. The smallest absolute Gasteiger partial charge is 0.205 e. The molecule has 3 nitrogen and oxygen atoms in total. The predicted molar refractivity (Wildman–Crippen MR) is 66.0 cm³/mol. The SMILES string of the molecule is CC(Nc1nncs1)c1ccc(Br)cc1F. The van der Waals surface area contributed by atoms with Crippen molar-refractivity contribution in [3.8, 4) is 0 Å². The third-order valence-electron chi connectivity index (χ3n) is 2.13. The van der Waals surface area contributed by atoms with E-state index in [0.29, 0.717) is 10.7 Å². The number of hydrogen-bond acceptors (Lipinski definition) is 4. The van der Waals surface area contributed by atoms with Crippen molar-refractivity contribution in [3.63, 3.8) is 0 Å². The van der Waals surface area contributed by atoms with Gasteiger partial charge in [-0.15, -0.1) is 10.2 Å². The zero-order chi connectivity index (χ0) is 11.5. The molecule has 1 heterocycles. The molecular weight excluding hydrogens is 293 g/mol. The summed E-state index contributed by atoms with van der Waals surface area (Å²) in [4.78, 5) is 0. The first kappa shape index (κ1) is 11.5. The van der Waals surface area contributed by atoms with E-state index in [9.17, 15) is 4.39 Å². The van der Waals surface area contributed by atoms with Crippen LogP contribution in [-0.2, 0) is 0 Å². The molecule has 0 aliphatic rings. The predicted octanol–water partition coefficient (Wildman–Crippen LogP) is 3.61. The van der Waals surface area contributed by atoms with Crippen LogP contribution in [0.4, 0.5) is 9.52 Å². The zero-order valence-corrected chi connectivity index (χ0v) is 10.8. The maximum Gasteiger partial charge on any atom is 0.205 e. The maximum atomic E-state index is 13.6. The highest BCUT2D eigenvalue weighted by atomic mass is 79.9. The van der Waals surface area contributed by atoms with E-state index in [1.165, 1.54) is 17.4 Å². The zero-order valence-electron chi connectivity index (χ0n) is 8.45. The molecule has 0 amide bonds. The van der Waals surface area contributed by atoms with Crippen LogP contribution in [0.5, 0.6) is 0 Å². The van der Waals surface area contributed by atoms with Gasteiger partial charge in [-0.1, -0.05) is 33.3 Å². The Kier molecular flexibility index (Phi) is 3.50. The third kappa shape index (κ3) is 2.56. The standard InChI is InChI=1S/C10H9BrFN3S/c1-6(14-10-15-13-5-16-10)8-3-2-7(11)4-9(8)12/h2-6H,1H3,(H,14,15). The van der Waals surface area contributed by atoms with E-state index in [1.807, 2.05) is 13.0 Å². The van der Waals surface area contributed by atoms with Gasteiger partial charge in [0.15, 0.2) is 0 Å². The Bertz CT molecular complexity index is 475. The van der Waals surface area contributed by atoms with Gasteiger partial charge in [-0.3, -0.25) is 0 Å². The molecule has 6 heteroatoms. The van der Waals surface area contributed by atoms with Gasteiger partial charge < -0.3 is 5.32 Å². The summed E-state index contributed by atoms with van der Waals surface area (Å²) in [5, 5.41) is 11.3. The highest BCUT2D eigenvalue weighted by Gasteiger charge is 2.12. The molecule has 2 aromatic rings. The second-order valence-electron chi connectivity index (χ2n) is 3.28. The van der Waals surface area contributed by atoms with Crippen LogP contribution in [0, 0.1) is 5.82 Å². The molecule has 0 saturated heterocycles.